The van der Waals surface area contributed by atoms with Gasteiger partial charge in [-0.3, -0.25) is 4.79 Å². The molecule has 1 aromatic heterocycles. The molecule has 1 rings (SSSR count). The Balaban J connectivity index is 0.00000196. The Hall–Kier alpha value is -0.650. The molecule has 0 radical (unpaired) electrons. The number of hydrogen-bond acceptors (Lipinski definition) is 4. The molecule has 1 amide bonds. The monoisotopic (exact) mass is 249 g/mol. The molecular weight excluding hydrogens is 234 g/mol. The van der Waals surface area contributed by atoms with Crippen LogP contribution in [0.25, 0.3) is 0 Å². The molecule has 0 aliphatic rings. The summed E-state index contributed by atoms with van der Waals surface area (Å²) in [5, 5.41) is 3.66. The van der Waals surface area contributed by atoms with Gasteiger partial charge in [0.2, 0.25) is 5.91 Å². The fourth-order valence-electron chi connectivity index (χ4n) is 1.09. The topological polar surface area (TPSA) is 68.0 Å². The van der Waals surface area contributed by atoms with Gasteiger partial charge in [-0.15, -0.1) is 23.7 Å². The van der Waals surface area contributed by atoms with Crippen molar-refractivity contribution in [3.63, 3.8) is 0 Å². The zero-order valence-corrected chi connectivity index (χ0v) is 10.5. The maximum atomic E-state index is 11.4. The van der Waals surface area contributed by atoms with Crippen molar-refractivity contribution in [2.24, 2.45) is 5.73 Å². The number of carbonyl (C=O) groups excluding carboxylic acids is 1. The zero-order valence-electron chi connectivity index (χ0n) is 8.82. The van der Waals surface area contributed by atoms with E-state index in [1.807, 2.05) is 13.8 Å². The lowest BCUT2D eigenvalue weighted by atomic mass is 10.2. The number of nitrogens with two attached hydrogens (primary N) is 1. The average Bonchev–Trinajstić information content (AvgIpc) is 2.50. The molecule has 0 saturated carbocycles. The van der Waals surface area contributed by atoms with Crippen molar-refractivity contribution < 1.29 is 4.79 Å². The number of rotatable bonds is 4. The number of amides is 1. The Morgan fingerprint density at radius 3 is 2.93 bits per heavy atom. The summed E-state index contributed by atoms with van der Waals surface area (Å²) in [6.07, 6.45) is 1.18. The summed E-state index contributed by atoms with van der Waals surface area (Å²) in [7, 11) is 0. The second-order valence-electron chi connectivity index (χ2n) is 3.21. The lowest BCUT2D eigenvalue weighted by Gasteiger charge is -2.05. The minimum atomic E-state index is -0.104. The summed E-state index contributed by atoms with van der Waals surface area (Å²) in [6, 6.07) is -0.104. The van der Waals surface area contributed by atoms with E-state index < -0.39 is 0 Å². The number of anilines is 1. The van der Waals surface area contributed by atoms with Gasteiger partial charge in [-0.25, -0.2) is 4.98 Å². The van der Waals surface area contributed by atoms with Crippen LogP contribution < -0.4 is 11.1 Å². The van der Waals surface area contributed by atoms with Crippen molar-refractivity contribution >= 4 is 34.7 Å². The Kier molecular flexibility index (Phi) is 6.47. The maximum Gasteiger partial charge on any atom is 0.226 e. The van der Waals surface area contributed by atoms with Crippen LogP contribution in [0.5, 0.6) is 0 Å². The van der Waals surface area contributed by atoms with Gasteiger partial charge in [0, 0.05) is 12.5 Å². The molecule has 6 heteroatoms. The maximum absolute atomic E-state index is 11.4. The van der Waals surface area contributed by atoms with Crippen LogP contribution in [0.1, 0.15) is 26.0 Å². The molecule has 3 N–H and O–H groups in total. The van der Waals surface area contributed by atoms with Crippen LogP contribution in [-0.2, 0) is 11.2 Å². The second kappa shape index (κ2) is 6.76. The van der Waals surface area contributed by atoms with Gasteiger partial charge in [0.05, 0.1) is 11.2 Å². The third-order valence-electron chi connectivity index (χ3n) is 1.74. The van der Waals surface area contributed by atoms with Crippen molar-refractivity contribution in [1.29, 1.82) is 0 Å². The molecule has 0 aromatic carbocycles. The highest BCUT2D eigenvalue weighted by Crippen LogP contribution is 2.20. The van der Waals surface area contributed by atoms with E-state index in [1.165, 1.54) is 11.3 Å². The van der Waals surface area contributed by atoms with Crippen molar-refractivity contribution in [3.05, 3.63) is 11.2 Å². The highest BCUT2D eigenvalue weighted by molar-refractivity contribution is 7.14. The SMILES string of the molecule is CCc1ncsc1NC(=O)CC(C)N.Cl. The Morgan fingerprint density at radius 1 is 1.73 bits per heavy atom. The first kappa shape index (κ1) is 14.3. The van der Waals surface area contributed by atoms with Gasteiger partial charge in [-0.1, -0.05) is 6.92 Å². The van der Waals surface area contributed by atoms with Crippen LogP contribution in [0.4, 0.5) is 5.00 Å². The summed E-state index contributed by atoms with van der Waals surface area (Å²) < 4.78 is 0. The van der Waals surface area contributed by atoms with Gasteiger partial charge in [0.15, 0.2) is 0 Å². The number of aromatic nitrogens is 1. The Labute approximate surface area is 99.7 Å². The number of hydrogen-bond donors (Lipinski definition) is 2. The molecule has 0 aliphatic heterocycles. The van der Waals surface area contributed by atoms with Gasteiger partial charge in [0.1, 0.15) is 5.00 Å². The number of nitrogens with zero attached hydrogens (tertiary/aromatic N) is 1. The summed E-state index contributed by atoms with van der Waals surface area (Å²) in [5.41, 5.74) is 8.19. The fourth-order valence-corrected chi connectivity index (χ4v) is 1.88. The smallest absolute Gasteiger partial charge is 0.226 e. The summed E-state index contributed by atoms with van der Waals surface area (Å²) in [6.45, 7) is 3.82. The summed E-state index contributed by atoms with van der Waals surface area (Å²) in [4.78, 5) is 15.5. The van der Waals surface area contributed by atoms with Crippen LogP contribution in [-0.4, -0.2) is 16.9 Å². The van der Waals surface area contributed by atoms with Gasteiger partial charge >= 0.3 is 0 Å². The molecule has 1 unspecified atom stereocenters. The highest BCUT2D eigenvalue weighted by atomic mass is 35.5. The van der Waals surface area contributed by atoms with E-state index in [9.17, 15) is 4.79 Å². The lowest BCUT2D eigenvalue weighted by molar-refractivity contribution is -0.116. The lowest BCUT2D eigenvalue weighted by Crippen LogP contribution is -2.24. The third kappa shape index (κ3) is 4.59. The van der Waals surface area contributed by atoms with E-state index in [0.29, 0.717) is 6.42 Å². The van der Waals surface area contributed by atoms with E-state index in [1.54, 1.807) is 5.51 Å². The van der Waals surface area contributed by atoms with E-state index in [4.69, 9.17) is 5.73 Å². The summed E-state index contributed by atoms with van der Waals surface area (Å²) >= 11 is 1.45. The summed E-state index contributed by atoms with van der Waals surface area (Å²) in [5.74, 6) is -0.0426. The molecule has 0 bridgehead atoms. The quantitative estimate of drug-likeness (QED) is 0.855. The number of carbonyl (C=O) groups is 1. The predicted molar refractivity (Wildman–Crippen MR) is 65.6 cm³/mol. The molecule has 1 heterocycles. The zero-order chi connectivity index (χ0) is 10.6. The van der Waals surface area contributed by atoms with E-state index >= 15 is 0 Å². The van der Waals surface area contributed by atoms with Crippen molar-refractivity contribution in [3.8, 4) is 0 Å². The second-order valence-corrected chi connectivity index (χ2v) is 4.07. The van der Waals surface area contributed by atoms with Crippen molar-refractivity contribution in [2.75, 3.05) is 5.32 Å². The predicted octanol–water partition coefficient (Wildman–Crippen LogP) is 1.80. The normalized spacial score (nSPS) is 11.7. The molecule has 86 valence electrons. The largest absolute Gasteiger partial charge is 0.327 e. The first-order valence-corrected chi connectivity index (χ1v) is 5.49. The number of thiazole rings is 1. The average molecular weight is 250 g/mol. The van der Waals surface area contributed by atoms with Crippen molar-refractivity contribution in [2.45, 2.75) is 32.7 Å². The molecule has 15 heavy (non-hydrogen) atoms. The Bertz CT molecular complexity index is 314. The van der Waals surface area contributed by atoms with Crippen LogP contribution in [0.3, 0.4) is 0 Å². The molecule has 0 fully saturated rings. The molecule has 0 spiro atoms. The van der Waals surface area contributed by atoms with Crippen LogP contribution in [0.15, 0.2) is 5.51 Å². The van der Waals surface area contributed by atoms with Gasteiger partial charge in [0.25, 0.3) is 0 Å². The molecule has 0 aliphatic carbocycles. The highest BCUT2D eigenvalue weighted by Gasteiger charge is 2.09. The molecule has 1 aromatic rings. The Morgan fingerprint density at radius 2 is 2.40 bits per heavy atom. The van der Waals surface area contributed by atoms with Crippen LogP contribution >= 0.6 is 23.7 Å². The first-order valence-electron chi connectivity index (χ1n) is 4.61. The minimum absolute atomic E-state index is 0. The van der Waals surface area contributed by atoms with E-state index in [2.05, 4.69) is 10.3 Å². The van der Waals surface area contributed by atoms with Gasteiger partial charge in [-0.05, 0) is 13.3 Å². The minimum Gasteiger partial charge on any atom is -0.327 e. The number of nitrogens with one attached hydrogen (secondary N) is 1. The van der Waals surface area contributed by atoms with Crippen LogP contribution in [0.2, 0.25) is 0 Å². The van der Waals surface area contributed by atoms with Crippen LogP contribution in [0, 0.1) is 0 Å². The molecule has 0 saturated heterocycles. The molecule has 1 atom stereocenters. The molecule has 4 nitrogen and oxygen atoms in total. The van der Waals surface area contributed by atoms with E-state index in [0.717, 1.165) is 17.1 Å². The van der Waals surface area contributed by atoms with E-state index in [-0.39, 0.29) is 24.4 Å². The fraction of sp³-hybridized carbons (Fsp3) is 0.556. The number of halogens is 1. The standard InChI is InChI=1S/C9H15N3OS.ClH/c1-3-7-9(14-5-11-7)12-8(13)4-6(2)10;/h5-6H,3-4,10H2,1-2H3,(H,12,13);1H. The number of aryl methyl sites for hydroxylation is 1. The van der Waals surface area contributed by atoms with Gasteiger partial charge < -0.3 is 11.1 Å². The van der Waals surface area contributed by atoms with Gasteiger partial charge in [-0.2, -0.15) is 0 Å². The molecular formula is C9H16ClN3OS. The third-order valence-corrected chi connectivity index (χ3v) is 2.52. The van der Waals surface area contributed by atoms with Crippen molar-refractivity contribution in [1.82, 2.24) is 4.98 Å². The first-order chi connectivity index (χ1) is 6.63.